The highest BCUT2D eigenvalue weighted by molar-refractivity contribution is 7.95. The van der Waals surface area contributed by atoms with Gasteiger partial charge in [0.15, 0.2) is 0 Å². The normalized spacial score (nSPS) is 13.6. The van der Waals surface area contributed by atoms with Crippen LogP contribution in [-0.2, 0) is 21.6 Å². The van der Waals surface area contributed by atoms with Crippen LogP contribution in [0, 0.1) is 13.8 Å². The summed E-state index contributed by atoms with van der Waals surface area (Å²) in [6, 6.07) is 17.5. The Kier molecular flexibility index (Phi) is 10.6. The zero-order chi connectivity index (χ0) is 27.7. The van der Waals surface area contributed by atoms with Gasteiger partial charge in [-0.05, 0) is 75.9 Å². The van der Waals surface area contributed by atoms with Crippen molar-refractivity contribution < 1.29 is 18.6 Å². The fourth-order valence-electron chi connectivity index (χ4n) is 3.78. The summed E-state index contributed by atoms with van der Waals surface area (Å²) in [5.74, 6) is -0.308. The SMILES string of the molecule is C=CCC/C=C(\c1cc(O)c(/C(=C\CCC=C)S(=O)c2ccc(C)cc2)cc1O)S(=O)c1ccc(C)cc1. The quantitative estimate of drug-likeness (QED) is 0.137. The predicted octanol–water partition coefficient (Wildman–Crippen LogP) is 7.94. The van der Waals surface area contributed by atoms with E-state index < -0.39 is 21.6 Å². The van der Waals surface area contributed by atoms with Crippen LogP contribution >= 0.6 is 0 Å². The Hall–Kier alpha value is -3.48. The Morgan fingerprint density at radius 2 is 1.00 bits per heavy atom. The Balaban J connectivity index is 2.10. The minimum absolute atomic E-state index is 0.154. The van der Waals surface area contributed by atoms with Crippen LogP contribution in [-0.4, -0.2) is 18.6 Å². The number of phenols is 2. The predicted molar refractivity (Wildman–Crippen MR) is 160 cm³/mol. The van der Waals surface area contributed by atoms with Crippen LogP contribution in [0.1, 0.15) is 47.9 Å². The molecule has 0 bridgehead atoms. The lowest BCUT2D eigenvalue weighted by molar-refractivity contribution is 0.458. The summed E-state index contributed by atoms with van der Waals surface area (Å²) in [5, 5.41) is 22.3. The van der Waals surface area contributed by atoms with Crippen molar-refractivity contribution in [2.75, 3.05) is 0 Å². The average molecular weight is 547 g/mol. The Bertz CT molecular complexity index is 1290. The van der Waals surface area contributed by atoms with E-state index in [9.17, 15) is 18.6 Å². The molecule has 3 aromatic carbocycles. The highest BCUT2D eigenvalue weighted by Gasteiger charge is 2.22. The molecule has 2 N–H and O–H groups in total. The average Bonchev–Trinajstić information content (AvgIpc) is 2.91. The number of benzene rings is 3. The van der Waals surface area contributed by atoms with Crippen molar-refractivity contribution in [3.8, 4) is 11.5 Å². The fourth-order valence-corrected chi connectivity index (χ4v) is 6.32. The van der Waals surface area contributed by atoms with Gasteiger partial charge in [-0.15, -0.1) is 13.2 Å². The van der Waals surface area contributed by atoms with E-state index in [-0.39, 0.29) is 22.6 Å². The molecule has 0 amide bonds. The second kappa shape index (κ2) is 13.9. The van der Waals surface area contributed by atoms with Gasteiger partial charge in [-0.3, -0.25) is 0 Å². The maximum absolute atomic E-state index is 13.6. The summed E-state index contributed by atoms with van der Waals surface area (Å²) in [5.41, 5.74) is 2.62. The molecule has 0 radical (unpaired) electrons. The van der Waals surface area contributed by atoms with Crippen molar-refractivity contribution in [2.45, 2.75) is 49.3 Å². The Morgan fingerprint density at radius 3 is 1.32 bits per heavy atom. The van der Waals surface area contributed by atoms with Gasteiger partial charge in [0.1, 0.15) is 11.5 Å². The first-order valence-electron chi connectivity index (χ1n) is 12.4. The lowest BCUT2D eigenvalue weighted by atomic mass is 10.1. The molecular weight excluding hydrogens is 512 g/mol. The van der Waals surface area contributed by atoms with Gasteiger partial charge in [-0.2, -0.15) is 0 Å². The summed E-state index contributed by atoms with van der Waals surface area (Å²) < 4.78 is 27.2. The molecule has 6 heteroatoms. The van der Waals surface area contributed by atoms with Crippen molar-refractivity contribution in [1.82, 2.24) is 0 Å². The molecule has 2 unspecified atom stereocenters. The molecule has 0 saturated heterocycles. The van der Waals surface area contributed by atoms with Crippen LogP contribution in [0.3, 0.4) is 0 Å². The Labute approximate surface area is 230 Å². The maximum Gasteiger partial charge on any atom is 0.124 e. The molecule has 38 heavy (non-hydrogen) atoms. The molecule has 4 nitrogen and oxygen atoms in total. The first-order valence-corrected chi connectivity index (χ1v) is 14.7. The number of rotatable bonds is 12. The van der Waals surface area contributed by atoms with E-state index in [4.69, 9.17) is 0 Å². The third-order valence-electron chi connectivity index (χ3n) is 5.92. The van der Waals surface area contributed by atoms with E-state index in [0.717, 1.165) is 11.1 Å². The summed E-state index contributed by atoms with van der Waals surface area (Å²) >= 11 is 0. The van der Waals surface area contributed by atoms with E-state index in [1.807, 2.05) is 38.1 Å². The second-order valence-corrected chi connectivity index (χ2v) is 11.8. The van der Waals surface area contributed by atoms with Gasteiger partial charge in [-0.1, -0.05) is 59.7 Å². The lowest BCUT2D eigenvalue weighted by Gasteiger charge is -2.15. The van der Waals surface area contributed by atoms with E-state index >= 15 is 0 Å². The summed E-state index contributed by atoms with van der Waals surface area (Å²) in [6.45, 7) is 11.4. The van der Waals surface area contributed by atoms with Crippen molar-refractivity contribution in [1.29, 1.82) is 0 Å². The van der Waals surface area contributed by atoms with Gasteiger partial charge < -0.3 is 10.2 Å². The number of allylic oxidation sites excluding steroid dienone is 4. The summed E-state index contributed by atoms with van der Waals surface area (Å²) in [4.78, 5) is 1.97. The number of unbranched alkanes of at least 4 members (excludes halogenated alkanes) is 2. The molecule has 0 spiro atoms. The zero-order valence-corrected chi connectivity index (χ0v) is 23.5. The van der Waals surface area contributed by atoms with Crippen LogP contribution in [0.4, 0.5) is 0 Å². The van der Waals surface area contributed by atoms with Crippen LogP contribution in [0.15, 0.2) is 108 Å². The minimum atomic E-state index is -1.60. The van der Waals surface area contributed by atoms with Crippen LogP contribution < -0.4 is 0 Å². The summed E-state index contributed by atoms with van der Waals surface area (Å²) in [6.07, 6.45) is 9.63. The third kappa shape index (κ3) is 7.30. The molecule has 3 aromatic rings. The number of hydrogen-bond donors (Lipinski definition) is 2. The van der Waals surface area contributed by atoms with Gasteiger partial charge in [0.25, 0.3) is 0 Å². The molecule has 0 saturated carbocycles. The minimum Gasteiger partial charge on any atom is -0.507 e. The molecule has 3 rings (SSSR count). The number of aryl methyl sites for hydroxylation is 2. The zero-order valence-electron chi connectivity index (χ0n) is 21.9. The van der Waals surface area contributed by atoms with Crippen molar-refractivity contribution in [3.05, 3.63) is 120 Å². The number of aromatic hydroxyl groups is 2. The molecule has 0 fully saturated rings. The Morgan fingerprint density at radius 1 is 0.658 bits per heavy atom. The molecule has 198 valence electrons. The van der Waals surface area contributed by atoms with Crippen molar-refractivity contribution in [2.24, 2.45) is 0 Å². The van der Waals surface area contributed by atoms with E-state index in [1.54, 1.807) is 48.6 Å². The number of hydrogen-bond acceptors (Lipinski definition) is 4. The van der Waals surface area contributed by atoms with Crippen LogP contribution in [0.5, 0.6) is 11.5 Å². The second-order valence-electron chi connectivity index (χ2n) is 8.92. The maximum atomic E-state index is 13.6. The third-order valence-corrected chi connectivity index (χ3v) is 8.89. The van der Waals surface area contributed by atoms with Crippen LogP contribution in [0.25, 0.3) is 9.81 Å². The highest BCUT2D eigenvalue weighted by atomic mass is 32.2. The molecule has 0 aliphatic heterocycles. The summed E-state index contributed by atoms with van der Waals surface area (Å²) in [7, 11) is -3.19. The first kappa shape index (κ1) is 29.1. The van der Waals surface area contributed by atoms with E-state index in [2.05, 4.69) is 13.2 Å². The number of phenolic OH excluding ortho intramolecular Hbond substituents is 2. The van der Waals surface area contributed by atoms with Gasteiger partial charge in [0.2, 0.25) is 0 Å². The molecule has 0 aromatic heterocycles. The van der Waals surface area contributed by atoms with Gasteiger partial charge >= 0.3 is 0 Å². The lowest BCUT2D eigenvalue weighted by Crippen LogP contribution is -2.01. The highest BCUT2D eigenvalue weighted by Crippen LogP contribution is 2.40. The smallest absolute Gasteiger partial charge is 0.124 e. The topological polar surface area (TPSA) is 74.6 Å². The largest absolute Gasteiger partial charge is 0.507 e. The molecule has 2 atom stereocenters. The fraction of sp³-hybridized carbons (Fsp3) is 0.188. The van der Waals surface area contributed by atoms with Gasteiger partial charge in [-0.25, -0.2) is 8.42 Å². The molecule has 0 heterocycles. The van der Waals surface area contributed by atoms with Crippen molar-refractivity contribution in [3.63, 3.8) is 0 Å². The molecule has 0 aliphatic carbocycles. The van der Waals surface area contributed by atoms with Gasteiger partial charge in [0, 0.05) is 20.9 Å². The van der Waals surface area contributed by atoms with E-state index in [1.165, 1.54) is 12.1 Å². The standard InChI is InChI=1S/C32H34O4S2/c1-5-7-9-11-31(37(35)25-17-13-23(3)14-18-25)27-21-30(34)28(22-29(27)33)32(12-10-8-6-2)38(36)26-19-15-24(4)16-20-26/h5-6,11-22,33-34H,1-2,7-10H2,3-4H3/b31-11+,32-12+. The molecule has 0 aliphatic rings. The molecular formula is C32H34O4S2. The monoisotopic (exact) mass is 546 g/mol. The van der Waals surface area contributed by atoms with Crippen molar-refractivity contribution >= 4 is 31.4 Å². The van der Waals surface area contributed by atoms with Gasteiger partial charge in [0.05, 0.1) is 31.4 Å². The first-order chi connectivity index (χ1) is 18.3. The van der Waals surface area contributed by atoms with E-state index in [0.29, 0.717) is 45.3 Å². The van der Waals surface area contributed by atoms with Crippen LogP contribution in [0.2, 0.25) is 0 Å².